The third-order valence-corrected chi connectivity index (χ3v) is 2.55. The fourth-order valence-corrected chi connectivity index (χ4v) is 1.49. The highest BCUT2D eigenvalue weighted by Gasteiger charge is 2.08. The molecule has 0 bridgehead atoms. The zero-order valence-electron chi connectivity index (χ0n) is 11.6. The zero-order valence-corrected chi connectivity index (χ0v) is 11.6. The molecule has 0 aliphatic heterocycles. The van der Waals surface area contributed by atoms with Gasteiger partial charge in [-0.3, -0.25) is 4.79 Å². The highest BCUT2D eigenvalue weighted by Crippen LogP contribution is 2.13. The molecule has 1 aromatic carbocycles. The summed E-state index contributed by atoms with van der Waals surface area (Å²) in [5.74, 6) is 0.398. The minimum Gasteiger partial charge on any atom is -0.497 e. The maximum Gasteiger partial charge on any atom is 0.312 e. The highest BCUT2D eigenvalue weighted by atomic mass is 16.5. The molecule has 0 aliphatic rings. The van der Waals surface area contributed by atoms with Crippen LogP contribution in [0, 0.1) is 5.92 Å². The number of ether oxygens (including phenoxy) is 2. The first-order valence-corrected chi connectivity index (χ1v) is 6.33. The highest BCUT2D eigenvalue weighted by molar-refractivity contribution is 5.74. The van der Waals surface area contributed by atoms with Crippen molar-refractivity contribution in [2.45, 2.75) is 13.8 Å². The minimum atomic E-state index is -0.227. The van der Waals surface area contributed by atoms with E-state index < -0.39 is 0 Å². The topological polar surface area (TPSA) is 35.5 Å². The van der Waals surface area contributed by atoms with Gasteiger partial charge in [-0.05, 0) is 31.5 Å². The van der Waals surface area contributed by atoms with E-state index in [1.807, 2.05) is 55.5 Å². The van der Waals surface area contributed by atoms with Gasteiger partial charge >= 0.3 is 5.97 Å². The summed E-state index contributed by atoms with van der Waals surface area (Å²) in [6.45, 7) is 4.03. The van der Waals surface area contributed by atoms with E-state index >= 15 is 0 Å². The third-order valence-electron chi connectivity index (χ3n) is 2.55. The van der Waals surface area contributed by atoms with Gasteiger partial charge < -0.3 is 9.47 Å². The fraction of sp³-hybridized carbons (Fsp3) is 0.312. The van der Waals surface area contributed by atoms with Crippen LogP contribution in [0.5, 0.6) is 5.75 Å². The summed E-state index contributed by atoms with van der Waals surface area (Å²) >= 11 is 0. The predicted octanol–water partition coefficient (Wildman–Crippen LogP) is 3.46. The summed E-state index contributed by atoms with van der Waals surface area (Å²) < 4.78 is 10.1. The van der Waals surface area contributed by atoms with Crippen molar-refractivity contribution < 1.29 is 14.3 Å². The Morgan fingerprint density at radius 3 is 2.84 bits per heavy atom. The van der Waals surface area contributed by atoms with Gasteiger partial charge in [0.1, 0.15) is 5.75 Å². The van der Waals surface area contributed by atoms with Gasteiger partial charge in [0.15, 0.2) is 0 Å². The molecule has 0 spiro atoms. The van der Waals surface area contributed by atoms with Gasteiger partial charge in [-0.1, -0.05) is 36.4 Å². The largest absolute Gasteiger partial charge is 0.497 e. The minimum absolute atomic E-state index is 0.200. The quantitative estimate of drug-likeness (QED) is 0.580. The molecular weight excluding hydrogens is 240 g/mol. The first kappa shape index (κ1) is 15.0. The molecule has 1 rings (SSSR count). The lowest BCUT2D eigenvalue weighted by Crippen LogP contribution is -2.12. The van der Waals surface area contributed by atoms with Crippen molar-refractivity contribution in [3.8, 4) is 5.75 Å². The van der Waals surface area contributed by atoms with Crippen LogP contribution in [0.2, 0.25) is 0 Å². The Morgan fingerprint density at radius 2 is 2.16 bits per heavy atom. The molecule has 102 valence electrons. The standard InChI is InChI=1S/C16H20O3/c1-4-19-16(17)13(2)8-5-6-9-14-10-7-11-15(12-14)18-3/h5-13H,4H2,1-3H3/b8-5?,9-6+. The number of methoxy groups -OCH3 is 1. The van der Waals surface area contributed by atoms with Gasteiger partial charge in [0.25, 0.3) is 0 Å². The van der Waals surface area contributed by atoms with E-state index in [0.29, 0.717) is 6.61 Å². The lowest BCUT2D eigenvalue weighted by Gasteiger charge is -2.04. The van der Waals surface area contributed by atoms with Gasteiger partial charge in [0.05, 0.1) is 19.6 Å². The van der Waals surface area contributed by atoms with Gasteiger partial charge in [-0.25, -0.2) is 0 Å². The second-order valence-electron chi connectivity index (χ2n) is 4.06. The molecule has 1 atom stereocenters. The number of esters is 1. The Kier molecular flexibility index (Phi) is 6.44. The van der Waals surface area contributed by atoms with E-state index in [0.717, 1.165) is 11.3 Å². The number of benzene rings is 1. The Labute approximate surface area is 114 Å². The maximum atomic E-state index is 11.4. The molecule has 0 aliphatic carbocycles. The van der Waals surface area contributed by atoms with Gasteiger partial charge in [0.2, 0.25) is 0 Å². The van der Waals surface area contributed by atoms with Gasteiger partial charge in [-0.2, -0.15) is 0 Å². The van der Waals surface area contributed by atoms with Crippen molar-refractivity contribution in [1.29, 1.82) is 0 Å². The molecular formula is C16H20O3. The van der Waals surface area contributed by atoms with Crippen LogP contribution in [0.15, 0.2) is 42.5 Å². The van der Waals surface area contributed by atoms with Crippen LogP contribution >= 0.6 is 0 Å². The molecule has 19 heavy (non-hydrogen) atoms. The number of carbonyl (C=O) groups excluding carboxylic acids is 1. The molecule has 0 fully saturated rings. The molecule has 3 heteroatoms. The fourth-order valence-electron chi connectivity index (χ4n) is 1.49. The number of rotatable bonds is 6. The van der Waals surface area contributed by atoms with Crippen molar-refractivity contribution in [2.24, 2.45) is 5.92 Å². The van der Waals surface area contributed by atoms with Crippen LogP contribution in [-0.4, -0.2) is 19.7 Å². The summed E-state index contributed by atoms with van der Waals surface area (Å²) in [6, 6.07) is 7.76. The summed E-state index contributed by atoms with van der Waals surface area (Å²) in [7, 11) is 1.64. The SMILES string of the molecule is CCOC(=O)C(C)C=C/C=C/c1cccc(OC)c1. The molecule has 0 aromatic heterocycles. The Bertz CT molecular complexity index is 461. The molecule has 1 aromatic rings. The Morgan fingerprint density at radius 1 is 1.37 bits per heavy atom. The van der Waals surface area contributed by atoms with E-state index in [1.165, 1.54) is 0 Å². The smallest absolute Gasteiger partial charge is 0.312 e. The lowest BCUT2D eigenvalue weighted by atomic mass is 10.1. The molecule has 0 N–H and O–H groups in total. The van der Waals surface area contributed by atoms with Crippen LogP contribution in [0.1, 0.15) is 19.4 Å². The second-order valence-corrected chi connectivity index (χ2v) is 4.06. The monoisotopic (exact) mass is 260 g/mol. The molecule has 0 amide bonds. The molecule has 0 heterocycles. The first-order valence-electron chi connectivity index (χ1n) is 6.33. The normalized spacial score (nSPS) is 12.8. The van der Waals surface area contributed by atoms with E-state index in [4.69, 9.17) is 9.47 Å². The van der Waals surface area contributed by atoms with Gasteiger partial charge in [-0.15, -0.1) is 0 Å². The maximum absolute atomic E-state index is 11.4. The molecule has 0 radical (unpaired) electrons. The van der Waals surface area contributed by atoms with Crippen LogP contribution in [-0.2, 0) is 9.53 Å². The average Bonchev–Trinajstić information content (AvgIpc) is 2.43. The van der Waals surface area contributed by atoms with Crippen LogP contribution in [0.3, 0.4) is 0 Å². The molecule has 1 unspecified atom stereocenters. The number of allylic oxidation sites excluding steroid dienone is 2. The van der Waals surface area contributed by atoms with E-state index in [-0.39, 0.29) is 11.9 Å². The number of hydrogen-bond acceptors (Lipinski definition) is 3. The predicted molar refractivity (Wildman–Crippen MR) is 77.0 cm³/mol. The van der Waals surface area contributed by atoms with Crippen molar-refractivity contribution in [1.82, 2.24) is 0 Å². The Balaban J connectivity index is 2.55. The van der Waals surface area contributed by atoms with Crippen molar-refractivity contribution in [2.75, 3.05) is 13.7 Å². The van der Waals surface area contributed by atoms with E-state index in [2.05, 4.69) is 0 Å². The van der Waals surface area contributed by atoms with Gasteiger partial charge in [0, 0.05) is 0 Å². The summed E-state index contributed by atoms with van der Waals surface area (Å²) in [4.78, 5) is 11.4. The summed E-state index contributed by atoms with van der Waals surface area (Å²) in [6.07, 6.45) is 7.51. The van der Waals surface area contributed by atoms with Crippen LogP contribution in [0.4, 0.5) is 0 Å². The van der Waals surface area contributed by atoms with Crippen LogP contribution < -0.4 is 4.74 Å². The van der Waals surface area contributed by atoms with E-state index in [9.17, 15) is 4.79 Å². The molecule has 0 saturated heterocycles. The first-order chi connectivity index (χ1) is 9.17. The molecule has 3 nitrogen and oxygen atoms in total. The summed E-state index contributed by atoms with van der Waals surface area (Å²) in [5, 5.41) is 0. The lowest BCUT2D eigenvalue weighted by molar-refractivity contribution is -0.145. The van der Waals surface area contributed by atoms with Crippen molar-refractivity contribution >= 4 is 12.0 Å². The second kappa shape index (κ2) is 8.14. The van der Waals surface area contributed by atoms with Crippen molar-refractivity contribution in [3.63, 3.8) is 0 Å². The number of carbonyl (C=O) groups is 1. The van der Waals surface area contributed by atoms with E-state index in [1.54, 1.807) is 14.0 Å². The zero-order chi connectivity index (χ0) is 14.1. The van der Waals surface area contributed by atoms with Crippen molar-refractivity contribution in [3.05, 3.63) is 48.1 Å². The Hall–Kier alpha value is -2.03. The number of hydrogen-bond donors (Lipinski definition) is 0. The molecule has 0 saturated carbocycles. The van der Waals surface area contributed by atoms with Crippen LogP contribution in [0.25, 0.3) is 6.08 Å². The summed E-state index contributed by atoms with van der Waals surface area (Å²) in [5.41, 5.74) is 1.05. The third kappa shape index (κ3) is 5.42. The average molecular weight is 260 g/mol.